The lowest BCUT2D eigenvalue weighted by molar-refractivity contribution is 0.0926. The van der Waals surface area contributed by atoms with Crippen molar-refractivity contribution in [2.75, 3.05) is 38.5 Å². The summed E-state index contributed by atoms with van der Waals surface area (Å²) in [5.74, 6) is 0.239. The van der Waals surface area contributed by atoms with Gasteiger partial charge >= 0.3 is 0 Å². The van der Waals surface area contributed by atoms with Crippen LogP contribution in [0.2, 0.25) is 0 Å². The number of nitrogens with zero attached hydrogens (tertiary/aromatic N) is 3. The molecule has 0 bridgehead atoms. The standard InChI is InChI=1S/C14H23N5O2/c1-10-7-12(18-14(15)17-10)13(21)16-4-6-19-5-2-3-11(8-19)9-20/h7,11,20H,2-6,8-9H2,1H3,(H,16,21)(H2,15,17,18)/t11-/m0/s1. The van der Waals surface area contributed by atoms with Gasteiger partial charge in [-0.25, -0.2) is 9.97 Å². The summed E-state index contributed by atoms with van der Waals surface area (Å²) in [7, 11) is 0. The Balaban J connectivity index is 1.79. The smallest absolute Gasteiger partial charge is 0.270 e. The average Bonchev–Trinajstić information content (AvgIpc) is 2.46. The Morgan fingerprint density at radius 2 is 2.38 bits per heavy atom. The number of piperidine rings is 1. The maximum Gasteiger partial charge on any atom is 0.270 e. The number of aliphatic hydroxyl groups is 1. The summed E-state index contributed by atoms with van der Waals surface area (Å²) in [5.41, 5.74) is 6.51. The van der Waals surface area contributed by atoms with Gasteiger partial charge in [0.1, 0.15) is 5.69 Å². The molecule has 0 saturated carbocycles. The second-order valence-electron chi connectivity index (χ2n) is 5.50. The minimum atomic E-state index is -0.233. The third-order valence-electron chi connectivity index (χ3n) is 3.68. The van der Waals surface area contributed by atoms with E-state index in [-0.39, 0.29) is 18.5 Å². The monoisotopic (exact) mass is 293 g/mol. The van der Waals surface area contributed by atoms with Crippen LogP contribution in [0.4, 0.5) is 5.95 Å². The first-order valence-electron chi connectivity index (χ1n) is 7.31. The van der Waals surface area contributed by atoms with Crippen LogP contribution in [-0.2, 0) is 0 Å². The van der Waals surface area contributed by atoms with Crippen LogP contribution in [0.1, 0.15) is 29.0 Å². The van der Waals surface area contributed by atoms with Gasteiger partial charge in [0.25, 0.3) is 5.91 Å². The first-order chi connectivity index (χ1) is 10.1. The van der Waals surface area contributed by atoms with E-state index in [2.05, 4.69) is 20.2 Å². The van der Waals surface area contributed by atoms with Crippen molar-refractivity contribution in [2.24, 2.45) is 5.92 Å². The highest BCUT2D eigenvalue weighted by Gasteiger charge is 2.19. The molecule has 1 aromatic rings. The van der Waals surface area contributed by atoms with Crippen molar-refractivity contribution < 1.29 is 9.90 Å². The van der Waals surface area contributed by atoms with E-state index in [0.29, 0.717) is 23.9 Å². The summed E-state index contributed by atoms with van der Waals surface area (Å²) in [6.07, 6.45) is 2.18. The number of aliphatic hydroxyl groups excluding tert-OH is 1. The molecule has 4 N–H and O–H groups in total. The molecule has 1 saturated heterocycles. The number of aryl methyl sites for hydroxylation is 1. The number of nitrogens with one attached hydrogen (secondary N) is 1. The van der Waals surface area contributed by atoms with E-state index in [9.17, 15) is 9.90 Å². The highest BCUT2D eigenvalue weighted by Crippen LogP contribution is 2.14. The molecule has 1 aliphatic heterocycles. The first-order valence-corrected chi connectivity index (χ1v) is 7.31. The van der Waals surface area contributed by atoms with Crippen LogP contribution in [0.3, 0.4) is 0 Å². The van der Waals surface area contributed by atoms with Crippen molar-refractivity contribution in [1.29, 1.82) is 0 Å². The zero-order valence-corrected chi connectivity index (χ0v) is 12.4. The number of amides is 1. The molecule has 7 heteroatoms. The fourth-order valence-electron chi connectivity index (χ4n) is 2.63. The minimum Gasteiger partial charge on any atom is -0.396 e. The van der Waals surface area contributed by atoms with Gasteiger partial charge in [-0.15, -0.1) is 0 Å². The number of hydrogen-bond acceptors (Lipinski definition) is 6. The van der Waals surface area contributed by atoms with Gasteiger partial charge in [0.05, 0.1) is 0 Å². The maximum atomic E-state index is 12.0. The van der Waals surface area contributed by atoms with Gasteiger partial charge in [0.15, 0.2) is 0 Å². The van der Waals surface area contributed by atoms with E-state index in [1.165, 1.54) is 0 Å². The van der Waals surface area contributed by atoms with Gasteiger partial charge in [0, 0.05) is 31.9 Å². The summed E-state index contributed by atoms with van der Waals surface area (Å²) in [5, 5.41) is 12.0. The van der Waals surface area contributed by atoms with Crippen LogP contribution in [0.5, 0.6) is 0 Å². The highest BCUT2D eigenvalue weighted by atomic mass is 16.3. The number of rotatable bonds is 5. The Kier molecular flexibility index (Phi) is 5.46. The maximum absolute atomic E-state index is 12.0. The number of carbonyl (C=O) groups is 1. The number of carbonyl (C=O) groups excluding carboxylic acids is 1. The van der Waals surface area contributed by atoms with Crippen molar-refractivity contribution in [3.8, 4) is 0 Å². The molecule has 1 atom stereocenters. The van der Waals surface area contributed by atoms with Crippen molar-refractivity contribution in [2.45, 2.75) is 19.8 Å². The van der Waals surface area contributed by atoms with Crippen LogP contribution in [0, 0.1) is 12.8 Å². The molecule has 1 amide bonds. The fourth-order valence-corrected chi connectivity index (χ4v) is 2.63. The van der Waals surface area contributed by atoms with E-state index in [4.69, 9.17) is 5.73 Å². The zero-order chi connectivity index (χ0) is 15.2. The largest absolute Gasteiger partial charge is 0.396 e. The number of likely N-dealkylation sites (tertiary alicyclic amines) is 1. The van der Waals surface area contributed by atoms with Gasteiger partial charge in [-0.2, -0.15) is 0 Å². The summed E-state index contributed by atoms with van der Waals surface area (Å²) >= 11 is 0. The number of aromatic nitrogens is 2. The quantitative estimate of drug-likeness (QED) is 0.694. The molecule has 0 aliphatic carbocycles. The lowest BCUT2D eigenvalue weighted by Gasteiger charge is -2.31. The van der Waals surface area contributed by atoms with E-state index in [1.54, 1.807) is 13.0 Å². The molecule has 2 rings (SSSR count). The van der Waals surface area contributed by atoms with Crippen molar-refractivity contribution in [3.63, 3.8) is 0 Å². The molecular formula is C14H23N5O2. The molecule has 0 unspecified atom stereocenters. The SMILES string of the molecule is Cc1cc(C(=O)NCCN2CCC[C@H](CO)C2)nc(N)n1. The van der Waals surface area contributed by atoms with E-state index in [0.717, 1.165) is 32.5 Å². The number of nitrogens with two attached hydrogens (primary N) is 1. The molecule has 1 aromatic heterocycles. The summed E-state index contributed by atoms with van der Waals surface area (Å²) < 4.78 is 0. The molecule has 0 spiro atoms. The van der Waals surface area contributed by atoms with Crippen LogP contribution >= 0.6 is 0 Å². The van der Waals surface area contributed by atoms with Crippen LogP contribution < -0.4 is 11.1 Å². The fraction of sp³-hybridized carbons (Fsp3) is 0.643. The Hall–Kier alpha value is -1.73. The van der Waals surface area contributed by atoms with Crippen molar-refractivity contribution in [3.05, 3.63) is 17.5 Å². The number of anilines is 1. The van der Waals surface area contributed by atoms with Gasteiger partial charge < -0.3 is 21.1 Å². The molecule has 1 fully saturated rings. The lowest BCUT2D eigenvalue weighted by atomic mass is 9.99. The second-order valence-corrected chi connectivity index (χ2v) is 5.50. The molecule has 2 heterocycles. The van der Waals surface area contributed by atoms with Crippen molar-refractivity contribution >= 4 is 11.9 Å². The van der Waals surface area contributed by atoms with E-state index in [1.807, 2.05) is 0 Å². The average molecular weight is 293 g/mol. The molecule has 21 heavy (non-hydrogen) atoms. The molecule has 1 aliphatic rings. The normalized spacial score (nSPS) is 19.4. The number of hydrogen-bond donors (Lipinski definition) is 3. The summed E-state index contributed by atoms with van der Waals surface area (Å²) in [6.45, 7) is 5.26. The molecule has 0 aromatic carbocycles. The van der Waals surface area contributed by atoms with E-state index >= 15 is 0 Å². The van der Waals surface area contributed by atoms with E-state index < -0.39 is 0 Å². The minimum absolute atomic E-state index is 0.113. The van der Waals surface area contributed by atoms with Crippen LogP contribution in [-0.4, -0.2) is 58.7 Å². The Labute approximate surface area is 124 Å². The third-order valence-corrected chi connectivity index (χ3v) is 3.68. The second kappa shape index (κ2) is 7.33. The lowest BCUT2D eigenvalue weighted by Crippen LogP contribution is -2.41. The molecular weight excluding hydrogens is 270 g/mol. The van der Waals surface area contributed by atoms with Gasteiger partial charge in [0.2, 0.25) is 5.95 Å². The van der Waals surface area contributed by atoms with Gasteiger partial charge in [-0.05, 0) is 38.3 Å². The molecule has 7 nitrogen and oxygen atoms in total. The third kappa shape index (κ3) is 4.64. The predicted octanol–water partition coefficient (Wildman–Crippen LogP) is -0.199. The molecule has 116 valence electrons. The molecule has 0 radical (unpaired) electrons. The van der Waals surface area contributed by atoms with Crippen LogP contribution in [0.15, 0.2) is 6.07 Å². The van der Waals surface area contributed by atoms with Crippen molar-refractivity contribution in [1.82, 2.24) is 20.2 Å². The van der Waals surface area contributed by atoms with Crippen LogP contribution in [0.25, 0.3) is 0 Å². The first kappa shape index (κ1) is 15.7. The number of nitrogen functional groups attached to an aromatic ring is 1. The van der Waals surface area contributed by atoms with Gasteiger partial charge in [-0.1, -0.05) is 0 Å². The Morgan fingerprint density at radius 1 is 1.57 bits per heavy atom. The summed E-state index contributed by atoms with van der Waals surface area (Å²) in [6, 6.07) is 1.62. The topological polar surface area (TPSA) is 104 Å². The van der Waals surface area contributed by atoms with Gasteiger partial charge in [-0.3, -0.25) is 4.79 Å². The Bertz CT molecular complexity index is 474. The summed E-state index contributed by atoms with van der Waals surface area (Å²) in [4.78, 5) is 22.1. The zero-order valence-electron chi connectivity index (χ0n) is 12.4. The highest BCUT2D eigenvalue weighted by molar-refractivity contribution is 5.92. The predicted molar refractivity (Wildman–Crippen MR) is 79.8 cm³/mol. The Morgan fingerprint density at radius 3 is 3.10 bits per heavy atom.